The highest BCUT2D eigenvalue weighted by molar-refractivity contribution is 7.21. The highest BCUT2D eigenvalue weighted by atomic mass is 32.1. The van der Waals surface area contributed by atoms with Crippen molar-refractivity contribution in [3.8, 4) is 11.5 Å². The van der Waals surface area contributed by atoms with Gasteiger partial charge in [-0.15, -0.1) is 22.7 Å². The summed E-state index contributed by atoms with van der Waals surface area (Å²) in [5.41, 5.74) is 1.67. The third-order valence-electron chi connectivity index (χ3n) is 5.37. The van der Waals surface area contributed by atoms with Gasteiger partial charge in [-0.3, -0.25) is 9.20 Å². The minimum absolute atomic E-state index is 0.141. The van der Waals surface area contributed by atoms with E-state index >= 15 is 0 Å². The Hall–Kier alpha value is -2.58. The maximum atomic E-state index is 12.7. The van der Waals surface area contributed by atoms with Gasteiger partial charge >= 0.3 is 0 Å². The first-order chi connectivity index (χ1) is 13.7. The Morgan fingerprint density at radius 3 is 2.89 bits per heavy atom. The molecule has 1 amide bonds. The average Bonchev–Trinajstić information content (AvgIpc) is 3.41. The van der Waals surface area contributed by atoms with Crippen molar-refractivity contribution in [2.45, 2.75) is 37.9 Å². The lowest BCUT2D eigenvalue weighted by atomic mass is 9.94. The largest absolute Gasteiger partial charge is 0.448 e. The van der Waals surface area contributed by atoms with Crippen LogP contribution in [-0.2, 0) is 0 Å². The van der Waals surface area contributed by atoms with Gasteiger partial charge in [-0.1, -0.05) is 6.42 Å². The number of anilines is 1. The number of nitrogens with one attached hydrogen (secondary N) is 1. The quantitative estimate of drug-likeness (QED) is 0.486. The Bertz CT molecular complexity index is 1220. The number of ether oxygens (including phenoxy) is 2. The summed E-state index contributed by atoms with van der Waals surface area (Å²) in [6.07, 6.45) is 7.27. The minimum Gasteiger partial charge on any atom is -0.448 e. The number of fused-ring (bicyclic) bond motifs is 4. The van der Waals surface area contributed by atoms with Gasteiger partial charge in [-0.05, 0) is 31.0 Å². The Labute approximate surface area is 168 Å². The Kier molecular flexibility index (Phi) is 3.48. The van der Waals surface area contributed by atoms with Gasteiger partial charge in [0.2, 0.25) is 0 Å². The van der Waals surface area contributed by atoms with E-state index < -0.39 is 5.79 Å². The summed E-state index contributed by atoms with van der Waals surface area (Å²) in [4.78, 5) is 19.8. The molecule has 0 saturated heterocycles. The van der Waals surface area contributed by atoms with Gasteiger partial charge in [0, 0.05) is 36.2 Å². The average molecular weight is 412 g/mol. The van der Waals surface area contributed by atoms with E-state index in [1.807, 2.05) is 40.2 Å². The van der Waals surface area contributed by atoms with Crippen LogP contribution in [0.5, 0.6) is 11.5 Å². The van der Waals surface area contributed by atoms with Crippen molar-refractivity contribution in [3.05, 3.63) is 40.7 Å². The number of amides is 1. The second-order valence-electron chi connectivity index (χ2n) is 7.26. The molecule has 0 bridgehead atoms. The van der Waals surface area contributed by atoms with Crippen molar-refractivity contribution in [2.24, 2.45) is 0 Å². The molecule has 2 aliphatic rings. The topological polar surface area (TPSA) is 64.9 Å². The van der Waals surface area contributed by atoms with Gasteiger partial charge < -0.3 is 14.8 Å². The lowest BCUT2D eigenvalue weighted by Gasteiger charge is -2.31. The number of benzene rings is 1. The zero-order valence-corrected chi connectivity index (χ0v) is 16.6. The Morgan fingerprint density at radius 1 is 1.14 bits per heavy atom. The summed E-state index contributed by atoms with van der Waals surface area (Å²) in [5, 5.41) is 4.96. The number of imidazole rings is 1. The predicted molar refractivity (Wildman–Crippen MR) is 110 cm³/mol. The molecule has 0 unspecified atom stereocenters. The van der Waals surface area contributed by atoms with Crippen LogP contribution in [0.1, 0.15) is 41.8 Å². The van der Waals surface area contributed by atoms with Crippen molar-refractivity contribution in [1.82, 2.24) is 9.38 Å². The first-order valence-electron chi connectivity index (χ1n) is 9.38. The molecule has 1 fully saturated rings. The van der Waals surface area contributed by atoms with Crippen LogP contribution in [0.15, 0.2) is 35.8 Å². The van der Waals surface area contributed by atoms with E-state index in [1.165, 1.54) is 17.8 Å². The molecule has 1 saturated carbocycles. The van der Waals surface area contributed by atoms with Crippen LogP contribution in [0.4, 0.5) is 5.69 Å². The standard InChI is InChI=1S/C20H17N3O3S2/c24-17(16-11-13-18(28-16)22-19-23(13)8-9-27-19)21-12-4-5-14-15(10-12)26-20(25-14)6-2-1-3-7-20/h4-5,8-11H,1-3,6-7H2,(H,21,24). The van der Waals surface area contributed by atoms with Crippen molar-refractivity contribution >= 4 is 49.6 Å². The summed E-state index contributed by atoms with van der Waals surface area (Å²) < 4.78 is 14.3. The monoisotopic (exact) mass is 411 g/mol. The van der Waals surface area contributed by atoms with Crippen molar-refractivity contribution in [1.29, 1.82) is 0 Å². The molecule has 6 nitrogen and oxygen atoms in total. The zero-order valence-electron chi connectivity index (χ0n) is 14.9. The van der Waals surface area contributed by atoms with Gasteiger partial charge in [0.1, 0.15) is 4.83 Å². The van der Waals surface area contributed by atoms with Crippen molar-refractivity contribution < 1.29 is 14.3 Å². The van der Waals surface area contributed by atoms with Crippen molar-refractivity contribution in [2.75, 3.05) is 5.32 Å². The summed E-state index contributed by atoms with van der Waals surface area (Å²) in [6.45, 7) is 0. The first kappa shape index (κ1) is 16.4. The molecule has 1 N–H and O–H groups in total. The molecule has 4 heterocycles. The second kappa shape index (κ2) is 5.96. The maximum Gasteiger partial charge on any atom is 0.265 e. The number of thiophene rings is 1. The van der Waals surface area contributed by atoms with E-state index in [2.05, 4.69) is 10.3 Å². The number of carbonyl (C=O) groups excluding carboxylic acids is 1. The lowest BCUT2D eigenvalue weighted by molar-refractivity contribution is -0.105. The molecule has 142 valence electrons. The number of aromatic nitrogens is 2. The predicted octanol–water partition coefficient (Wildman–Crippen LogP) is 5.29. The molecule has 28 heavy (non-hydrogen) atoms. The number of thiazole rings is 1. The van der Waals surface area contributed by atoms with Crippen LogP contribution in [0.25, 0.3) is 15.3 Å². The third kappa shape index (κ3) is 2.51. The van der Waals surface area contributed by atoms with E-state index in [0.717, 1.165) is 46.7 Å². The molecule has 8 heteroatoms. The summed E-state index contributed by atoms with van der Waals surface area (Å²) in [5.74, 6) is 0.824. The molecule has 1 aromatic carbocycles. The van der Waals surface area contributed by atoms with E-state index in [0.29, 0.717) is 16.3 Å². The first-order valence-corrected chi connectivity index (χ1v) is 11.1. The van der Waals surface area contributed by atoms with Gasteiger partial charge in [-0.2, -0.15) is 0 Å². The normalized spacial score (nSPS) is 17.6. The van der Waals surface area contributed by atoms with Gasteiger partial charge in [0.05, 0.1) is 10.4 Å². The van der Waals surface area contributed by atoms with Crippen LogP contribution in [0.2, 0.25) is 0 Å². The SMILES string of the molecule is O=C(Nc1ccc2c(c1)OC1(CCCCC1)O2)c1cc2c(nc3sccn32)s1. The van der Waals surface area contributed by atoms with Crippen LogP contribution in [0.3, 0.4) is 0 Å². The number of nitrogens with zero attached hydrogens (tertiary/aromatic N) is 2. The van der Waals surface area contributed by atoms with Crippen LogP contribution >= 0.6 is 22.7 Å². The fraction of sp³-hybridized carbons (Fsp3) is 0.300. The molecule has 1 aliphatic carbocycles. The van der Waals surface area contributed by atoms with E-state index in [1.54, 1.807) is 11.3 Å². The third-order valence-corrected chi connectivity index (χ3v) is 7.15. The maximum absolute atomic E-state index is 12.7. The molecule has 3 aromatic heterocycles. The number of carbonyl (C=O) groups is 1. The number of hydrogen-bond donors (Lipinski definition) is 1. The van der Waals surface area contributed by atoms with Crippen LogP contribution < -0.4 is 14.8 Å². The fourth-order valence-corrected chi connectivity index (χ4v) is 5.71. The van der Waals surface area contributed by atoms with Crippen LogP contribution in [-0.4, -0.2) is 21.1 Å². The highest BCUT2D eigenvalue weighted by Gasteiger charge is 2.42. The van der Waals surface area contributed by atoms with Gasteiger partial charge in [0.15, 0.2) is 16.5 Å². The van der Waals surface area contributed by atoms with Gasteiger partial charge in [-0.25, -0.2) is 4.98 Å². The van der Waals surface area contributed by atoms with Gasteiger partial charge in [0.25, 0.3) is 11.7 Å². The molecule has 1 aliphatic heterocycles. The molecule has 4 aromatic rings. The fourth-order valence-electron chi connectivity index (χ4n) is 4.02. The molecule has 0 radical (unpaired) electrons. The summed E-state index contributed by atoms with van der Waals surface area (Å²) in [6, 6.07) is 7.49. The number of rotatable bonds is 2. The molecule has 0 atom stereocenters. The minimum atomic E-state index is -0.505. The number of hydrogen-bond acceptors (Lipinski definition) is 6. The summed E-state index contributed by atoms with van der Waals surface area (Å²) >= 11 is 2.99. The molecule has 1 spiro atoms. The highest BCUT2D eigenvalue weighted by Crippen LogP contribution is 2.46. The Balaban J connectivity index is 1.24. The lowest BCUT2D eigenvalue weighted by Crippen LogP contribution is -2.40. The smallest absolute Gasteiger partial charge is 0.265 e. The van der Waals surface area contributed by atoms with E-state index in [-0.39, 0.29) is 5.91 Å². The van der Waals surface area contributed by atoms with E-state index in [9.17, 15) is 4.79 Å². The van der Waals surface area contributed by atoms with Crippen LogP contribution in [0, 0.1) is 0 Å². The molecule has 6 rings (SSSR count). The summed E-state index contributed by atoms with van der Waals surface area (Å²) in [7, 11) is 0. The molecular formula is C20H17N3O3S2. The van der Waals surface area contributed by atoms with Crippen molar-refractivity contribution in [3.63, 3.8) is 0 Å². The van der Waals surface area contributed by atoms with E-state index in [4.69, 9.17) is 9.47 Å². The molecular weight excluding hydrogens is 394 g/mol. The second-order valence-corrected chi connectivity index (χ2v) is 9.16. The zero-order chi connectivity index (χ0) is 18.7. The Morgan fingerprint density at radius 2 is 2.00 bits per heavy atom.